The highest BCUT2D eigenvalue weighted by Gasteiger charge is 2.12. The molecule has 2 aromatic carbocycles. The Labute approximate surface area is 146 Å². The van der Waals surface area contributed by atoms with Crippen molar-refractivity contribution < 1.29 is 23.4 Å². The first-order valence-corrected chi connectivity index (χ1v) is 7.57. The summed E-state index contributed by atoms with van der Waals surface area (Å²) in [6.07, 6.45) is 2.90. The third-order valence-electron chi connectivity index (χ3n) is 3.52. The number of benzene rings is 2. The molecule has 1 N–H and O–H groups in total. The quantitative estimate of drug-likeness (QED) is 0.783. The lowest BCUT2D eigenvalue weighted by Gasteiger charge is -2.14. The van der Waals surface area contributed by atoms with Crippen molar-refractivity contribution in [3.8, 4) is 17.2 Å². The SMILES string of the molecule is COc1cc(OC)c(OC)cc1CNC(=O)/C=C/c1cccc(F)c1. The Hall–Kier alpha value is -3.02. The largest absolute Gasteiger partial charge is 0.496 e. The summed E-state index contributed by atoms with van der Waals surface area (Å²) in [6.45, 7) is 0.246. The maximum Gasteiger partial charge on any atom is 0.244 e. The minimum atomic E-state index is -0.349. The molecule has 5 nitrogen and oxygen atoms in total. The monoisotopic (exact) mass is 345 g/mol. The molecule has 0 spiro atoms. The molecule has 0 aliphatic heterocycles. The van der Waals surface area contributed by atoms with Crippen LogP contribution >= 0.6 is 0 Å². The Morgan fingerprint density at radius 1 is 1.04 bits per heavy atom. The van der Waals surface area contributed by atoms with Gasteiger partial charge in [0.15, 0.2) is 11.5 Å². The van der Waals surface area contributed by atoms with Crippen LogP contribution in [0.4, 0.5) is 4.39 Å². The molecule has 0 heterocycles. The second kappa shape index (κ2) is 8.73. The zero-order valence-corrected chi connectivity index (χ0v) is 14.3. The van der Waals surface area contributed by atoms with E-state index in [-0.39, 0.29) is 18.3 Å². The van der Waals surface area contributed by atoms with Crippen molar-refractivity contribution in [3.05, 3.63) is 59.4 Å². The number of carbonyl (C=O) groups is 1. The number of carbonyl (C=O) groups excluding carboxylic acids is 1. The summed E-state index contributed by atoms with van der Waals surface area (Å²) in [5, 5.41) is 2.75. The van der Waals surface area contributed by atoms with E-state index in [4.69, 9.17) is 14.2 Å². The van der Waals surface area contributed by atoms with Gasteiger partial charge in [0.2, 0.25) is 5.91 Å². The number of amides is 1. The van der Waals surface area contributed by atoms with Gasteiger partial charge in [0.05, 0.1) is 21.3 Å². The molecule has 2 rings (SSSR count). The zero-order chi connectivity index (χ0) is 18.2. The predicted octanol–water partition coefficient (Wildman–Crippen LogP) is 3.18. The number of ether oxygens (including phenoxy) is 3. The van der Waals surface area contributed by atoms with E-state index in [9.17, 15) is 9.18 Å². The lowest BCUT2D eigenvalue weighted by atomic mass is 10.1. The van der Waals surface area contributed by atoms with E-state index in [0.717, 1.165) is 5.56 Å². The van der Waals surface area contributed by atoms with Crippen molar-refractivity contribution in [1.29, 1.82) is 0 Å². The minimum Gasteiger partial charge on any atom is -0.496 e. The molecule has 0 atom stereocenters. The molecule has 6 heteroatoms. The number of halogens is 1. The average molecular weight is 345 g/mol. The minimum absolute atomic E-state index is 0.246. The van der Waals surface area contributed by atoms with E-state index >= 15 is 0 Å². The van der Waals surface area contributed by atoms with Crippen LogP contribution in [-0.2, 0) is 11.3 Å². The van der Waals surface area contributed by atoms with Crippen molar-refractivity contribution in [1.82, 2.24) is 5.32 Å². The van der Waals surface area contributed by atoms with Crippen LogP contribution in [0.1, 0.15) is 11.1 Å². The third-order valence-corrected chi connectivity index (χ3v) is 3.52. The van der Waals surface area contributed by atoms with Gasteiger partial charge in [0, 0.05) is 24.3 Å². The molecule has 2 aromatic rings. The number of rotatable bonds is 7. The van der Waals surface area contributed by atoms with Crippen LogP contribution in [0.3, 0.4) is 0 Å². The zero-order valence-electron chi connectivity index (χ0n) is 14.3. The molecule has 0 aliphatic rings. The fourth-order valence-corrected chi connectivity index (χ4v) is 2.25. The summed E-state index contributed by atoms with van der Waals surface area (Å²) in [5.74, 6) is 1.01. The Morgan fingerprint density at radius 3 is 2.36 bits per heavy atom. The van der Waals surface area contributed by atoms with Crippen molar-refractivity contribution in [2.45, 2.75) is 6.54 Å². The number of methoxy groups -OCH3 is 3. The molecular formula is C19H20FNO4. The Kier molecular flexibility index (Phi) is 6.39. The number of hydrogen-bond acceptors (Lipinski definition) is 4. The summed E-state index contributed by atoms with van der Waals surface area (Å²) in [5.41, 5.74) is 1.35. The van der Waals surface area contributed by atoms with Crippen molar-refractivity contribution in [2.24, 2.45) is 0 Å². The van der Waals surface area contributed by atoms with E-state index in [1.165, 1.54) is 39.5 Å². The standard InChI is InChI=1S/C19H20FNO4/c1-23-16-11-18(25-3)17(24-2)10-14(16)12-21-19(22)8-7-13-5-4-6-15(20)9-13/h4-11H,12H2,1-3H3,(H,21,22)/b8-7+. The molecule has 0 fully saturated rings. The van der Waals surface area contributed by atoms with E-state index < -0.39 is 0 Å². The van der Waals surface area contributed by atoms with E-state index in [2.05, 4.69) is 5.32 Å². The van der Waals surface area contributed by atoms with Gasteiger partial charge in [-0.15, -0.1) is 0 Å². The van der Waals surface area contributed by atoms with Crippen LogP contribution in [-0.4, -0.2) is 27.2 Å². The third kappa shape index (κ3) is 4.97. The van der Waals surface area contributed by atoms with Crippen molar-refractivity contribution in [2.75, 3.05) is 21.3 Å². The van der Waals surface area contributed by atoms with Crippen LogP contribution < -0.4 is 19.5 Å². The van der Waals surface area contributed by atoms with Crippen LogP contribution in [0.15, 0.2) is 42.5 Å². The van der Waals surface area contributed by atoms with E-state index in [0.29, 0.717) is 22.8 Å². The Morgan fingerprint density at radius 2 is 1.72 bits per heavy atom. The lowest BCUT2D eigenvalue weighted by molar-refractivity contribution is -0.116. The Balaban J connectivity index is 2.06. The van der Waals surface area contributed by atoms with Crippen molar-refractivity contribution in [3.63, 3.8) is 0 Å². The molecule has 0 unspecified atom stereocenters. The van der Waals surface area contributed by atoms with Crippen LogP contribution in [0.2, 0.25) is 0 Å². The summed E-state index contributed by atoms with van der Waals surface area (Å²) in [4.78, 5) is 12.0. The van der Waals surface area contributed by atoms with Gasteiger partial charge in [-0.3, -0.25) is 4.79 Å². The second-order valence-corrected chi connectivity index (χ2v) is 5.13. The van der Waals surface area contributed by atoms with Gasteiger partial charge >= 0.3 is 0 Å². The first kappa shape index (κ1) is 18.3. The lowest BCUT2D eigenvalue weighted by Crippen LogP contribution is -2.20. The second-order valence-electron chi connectivity index (χ2n) is 5.13. The summed E-state index contributed by atoms with van der Waals surface area (Å²) in [7, 11) is 4.61. The summed E-state index contributed by atoms with van der Waals surface area (Å²) in [6, 6.07) is 9.44. The molecule has 132 valence electrons. The number of hydrogen-bond donors (Lipinski definition) is 1. The highest BCUT2D eigenvalue weighted by Crippen LogP contribution is 2.34. The van der Waals surface area contributed by atoms with Gasteiger partial charge in [0.1, 0.15) is 11.6 Å². The number of nitrogens with one attached hydrogen (secondary N) is 1. The Bertz CT molecular complexity index is 774. The van der Waals surface area contributed by atoms with E-state index in [1.54, 1.807) is 30.3 Å². The molecule has 0 bridgehead atoms. The maximum absolute atomic E-state index is 13.1. The summed E-state index contributed by atoms with van der Waals surface area (Å²) >= 11 is 0. The van der Waals surface area contributed by atoms with Gasteiger partial charge in [-0.2, -0.15) is 0 Å². The predicted molar refractivity (Wildman–Crippen MR) is 93.4 cm³/mol. The fraction of sp³-hybridized carbons (Fsp3) is 0.211. The normalized spacial score (nSPS) is 10.6. The molecule has 0 saturated carbocycles. The van der Waals surface area contributed by atoms with Gasteiger partial charge < -0.3 is 19.5 Å². The van der Waals surface area contributed by atoms with Gasteiger partial charge in [-0.1, -0.05) is 12.1 Å². The summed E-state index contributed by atoms with van der Waals surface area (Å²) < 4.78 is 28.9. The van der Waals surface area contributed by atoms with Gasteiger partial charge in [-0.05, 0) is 29.8 Å². The van der Waals surface area contributed by atoms with E-state index in [1.807, 2.05) is 0 Å². The van der Waals surface area contributed by atoms with Gasteiger partial charge in [0.25, 0.3) is 0 Å². The molecule has 0 aromatic heterocycles. The molecule has 1 amide bonds. The van der Waals surface area contributed by atoms with Gasteiger partial charge in [-0.25, -0.2) is 4.39 Å². The molecule has 0 saturated heterocycles. The molecule has 0 radical (unpaired) electrons. The fourth-order valence-electron chi connectivity index (χ4n) is 2.25. The highest BCUT2D eigenvalue weighted by atomic mass is 19.1. The molecule has 0 aliphatic carbocycles. The first-order valence-electron chi connectivity index (χ1n) is 7.57. The molecular weight excluding hydrogens is 325 g/mol. The maximum atomic E-state index is 13.1. The topological polar surface area (TPSA) is 56.8 Å². The van der Waals surface area contributed by atoms with Crippen LogP contribution in [0.5, 0.6) is 17.2 Å². The van der Waals surface area contributed by atoms with Crippen LogP contribution in [0, 0.1) is 5.82 Å². The first-order chi connectivity index (χ1) is 12.1. The highest BCUT2D eigenvalue weighted by molar-refractivity contribution is 5.91. The average Bonchev–Trinajstić information content (AvgIpc) is 2.63. The molecule has 25 heavy (non-hydrogen) atoms. The smallest absolute Gasteiger partial charge is 0.244 e. The van der Waals surface area contributed by atoms with Crippen molar-refractivity contribution >= 4 is 12.0 Å². The van der Waals surface area contributed by atoms with Crippen LogP contribution in [0.25, 0.3) is 6.08 Å².